The van der Waals surface area contributed by atoms with Gasteiger partial charge >= 0.3 is 0 Å². The van der Waals surface area contributed by atoms with Crippen molar-refractivity contribution in [3.63, 3.8) is 0 Å². The van der Waals surface area contributed by atoms with Crippen LogP contribution in [0.5, 0.6) is 0 Å². The largest absolute Gasteiger partial charge is 0.369 e. The van der Waals surface area contributed by atoms with E-state index in [4.69, 9.17) is 0 Å². The molecule has 27 heavy (non-hydrogen) atoms. The first-order valence-corrected chi connectivity index (χ1v) is 8.65. The van der Waals surface area contributed by atoms with Gasteiger partial charge in [-0.1, -0.05) is 30.3 Å². The number of hydrogen-bond donors (Lipinski definition) is 1. The van der Waals surface area contributed by atoms with Crippen molar-refractivity contribution in [1.29, 1.82) is 0 Å². The summed E-state index contributed by atoms with van der Waals surface area (Å²) in [7, 11) is 1.96. The number of hydrogen-bond acceptors (Lipinski definition) is 4. The second-order valence-corrected chi connectivity index (χ2v) is 6.36. The Hall–Kier alpha value is -3.47. The van der Waals surface area contributed by atoms with Crippen molar-refractivity contribution in [2.75, 3.05) is 17.3 Å². The minimum atomic E-state index is -0.243. The highest BCUT2D eigenvalue weighted by atomic mass is 16.1. The molecular weight excluding hydrogens is 338 g/mol. The molecule has 0 bridgehead atoms. The van der Waals surface area contributed by atoms with E-state index >= 15 is 0 Å². The maximum Gasteiger partial charge on any atom is 0.257 e. The average molecular weight is 359 g/mol. The lowest BCUT2D eigenvalue weighted by Crippen LogP contribution is -2.18. The number of aromatic nitrogens is 1. The van der Waals surface area contributed by atoms with Crippen LogP contribution in [-0.4, -0.2) is 23.7 Å². The molecule has 5 heteroatoms. The molecule has 0 saturated carbocycles. The number of pyridine rings is 1. The fourth-order valence-electron chi connectivity index (χ4n) is 2.70. The van der Waals surface area contributed by atoms with Crippen LogP contribution in [0.3, 0.4) is 0 Å². The molecule has 136 valence electrons. The van der Waals surface area contributed by atoms with E-state index in [1.807, 2.05) is 36.2 Å². The third-order valence-corrected chi connectivity index (χ3v) is 4.24. The molecule has 0 aliphatic rings. The quantitative estimate of drug-likeness (QED) is 0.671. The molecule has 5 nitrogen and oxygen atoms in total. The Labute approximate surface area is 158 Å². The number of benzene rings is 2. The van der Waals surface area contributed by atoms with Crippen LogP contribution in [0.4, 0.5) is 11.4 Å². The Bertz CT molecular complexity index is 937. The summed E-state index contributed by atoms with van der Waals surface area (Å²) in [6.45, 7) is 2.23. The van der Waals surface area contributed by atoms with Crippen molar-refractivity contribution in [1.82, 2.24) is 4.98 Å². The molecule has 3 rings (SSSR count). The van der Waals surface area contributed by atoms with E-state index in [2.05, 4.69) is 22.4 Å². The van der Waals surface area contributed by atoms with Crippen LogP contribution in [0.25, 0.3) is 0 Å². The second kappa shape index (κ2) is 8.27. The summed E-state index contributed by atoms with van der Waals surface area (Å²) < 4.78 is 0. The highest BCUT2D eigenvalue weighted by Gasteiger charge is 2.10. The van der Waals surface area contributed by atoms with Gasteiger partial charge in [0.05, 0.1) is 17.4 Å². The van der Waals surface area contributed by atoms with Gasteiger partial charge in [0.1, 0.15) is 0 Å². The van der Waals surface area contributed by atoms with Gasteiger partial charge in [-0.15, -0.1) is 0 Å². The highest BCUT2D eigenvalue weighted by molar-refractivity contribution is 6.04. The SMILES string of the molecule is CC(=O)c1ccc(NC(=O)c2cncc(N(C)Cc3ccccc3)c2)cc1. The summed E-state index contributed by atoms with van der Waals surface area (Å²) in [6.07, 6.45) is 3.28. The van der Waals surface area contributed by atoms with E-state index < -0.39 is 0 Å². The number of carbonyl (C=O) groups excluding carboxylic acids is 2. The summed E-state index contributed by atoms with van der Waals surface area (Å²) in [5.74, 6) is -0.251. The molecule has 1 aromatic heterocycles. The molecule has 0 saturated heterocycles. The highest BCUT2D eigenvalue weighted by Crippen LogP contribution is 2.17. The summed E-state index contributed by atoms with van der Waals surface area (Å²) >= 11 is 0. The monoisotopic (exact) mass is 359 g/mol. The summed E-state index contributed by atoms with van der Waals surface area (Å²) in [5.41, 5.74) is 3.76. The lowest BCUT2D eigenvalue weighted by molar-refractivity contribution is 0.101. The van der Waals surface area contributed by atoms with Gasteiger partial charge in [0.15, 0.2) is 5.78 Å². The van der Waals surface area contributed by atoms with Gasteiger partial charge in [-0.2, -0.15) is 0 Å². The van der Waals surface area contributed by atoms with Crippen LogP contribution < -0.4 is 10.2 Å². The first-order valence-electron chi connectivity index (χ1n) is 8.65. The average Bonchev–Trinajstić information content (AvgIpc) is 2.69. The molecule has 0 fully saturated rings. The third-order valence-electron chi connectivity index (χ3n) is 4.24. The number of anilines is 2. The minimum Gasteiger partial charge on any atom is -0.369 e. The normalized spacial score (nSPS) is 10.3. The molecule has 0 unspecified atom stereocenters. The van der Waals surface area contributed by atoms with E-state index in [0.29, 0.717) is 16.8 Å². The van der Waals surface area contributed by atoms with Gasteiger partial charge in [0.25, 0.3) is 5.91 Å². The predicted octanol–water partition coefficient (Wildman–Crippen LogP) is 4.17. The predicted molar refractivity (Wildman–Crippen MR) is 107 cm³/mol. The smallest absolute Gasteiger partial charge is 0.257 e. The first kappa shape index (κ1) is 18.3. The molecule has 0 radical (unpaired) electrons. The Balaban J connectivity index is 1.70. The zero-order valence-corrected chi connectivity index (χ0v) is 15.3. The van der Waals surface area contributed by atoms with Crippen molar-refractivity contribution in [2.24, 2.45) is 0 Å². The Kier molecular flexibility index (Phi) is 5.61. The van der Waals surface area contributed by atoms with Gasteiger partial charge < -0.3 is 10.2 Å². The standard InChI is InChI=1S/C22H21N3O2/c1-16(26)18-8-10-20(11-9-18)24-22(27)19-12-21(14-23-13-19)25(2)15-17-6-4-3-5-7-17/h3-14H,15H2,1-2H3,(H,24,27). The van der Waals surface area contributed by atoms with Gasteiger partial charge in [-0.05, 0) is 42.8 Å². The second-order valence-electron chi connectivity index (χ2n) is 6.36. The van der Waals surface area contributed by atoms with E-state index in [1.165, 1.54) is 12.5 Å². The minimum absolute atomic E-state index is 0.00812. The lowest BCUT2D eigenvalue weighted by atomic mass is 10.1. The van der Waals surface area contributed by atoms with E-state index in [1.54, 1.807) is 36.7 Å². The number of nitrogens with zero attached hydrogens (tertiary/aromatic N) is 2. The van der Waals surface area contributed by atoms with Crippen molar-refractivity contribution in [3.8, 4) is 0 Å². The summed E-state index contributed by atoms with van der Waals surface area (Å²) in [5, 5.41) is 2.83. The molecule has 1 heterocycles. The van der Waals surface area contributed by atoms with Crippen LogP contribution in [0.1, 0.15) is 33.2 Å². The van der Waals surface area contributed by atoms with E-state index in [-0.39, 0.29) is 11.7 Å². The first-order chi connectivity index (χ1) is 13.0. The number of nitrogens with one attached hydrogen (secondary N) is 1. The number of ketones is 1. The van der Waals surface area contributed by atoms with Gasteiger partial charge in [0, 0.05) is 31.0 Å². The van der Waals surface area contributed by atoms with Crippen LogP contribution in [0.15, 0.2) is 73.1 Å². The molecule has 1 N–H and O–H groups in total. The van der Waals surface area contributed by atoms with Crippen molar-refractivity contribution >= 4 is 23.1 Å². The van der Waals surface area contributed by atoms with E-state index in [9.17, 15) is 9.59 Å². The fourth-order valence-corrected chi connectivity index (χ4v) is 2.70. The number of Topliss-reactive ketones (excluding diaryl/α,β-unsaturated/α-hetero) is 1. The molecule has 2 aromatic carbocycles. The Morgan fingerprint density at radius 3 is 2.33 bits per heavy atom. The molecule has 0 aliphatic carbocycles. The molecule has 1 amide bonds. The van der Waals surface area contributed by atoms with E-state index in [0.717, 1.165) is 12.2 Å². The van der Waals surface area contributed by atoms with Gasteiger partial charge in [-0.25, -0.2) is 0 Å². The molecule has 0 spiro atoms. The van der Waals surface area contributed by atoms with Crippen LogP contribution in [0.2, 0.25) is 0 Å². The Morgan fingerprint density at radius 1 is 0.963 bits per heavy atom. The topological polar surface area (TPSA) is 62.3 Å². The van der Waals surface area contributed by atoms with Crippen molar-refractivity contribution in [2.45, 2.75) is 13.5 Å². The van der Waals surface area contributed by atoms with Crippen LogP contribution in [0, 0.1) is 0 Å². The Morgan fingerprint density at radius 2 is 1.67 bits per heavy atom. The van der Waals surface area contributed by atoms with Crippen LogP contribution in [-0.2, 0) is 6.54 Å². The number of rotatable bonds is 6. The zero-order chi connectivity index (χ0) is 19.2. The fraction of sp³-hybridized carbons (Fsp3) is 0.136. The molecular formula is C22H21N3O2. The van der Waals surface area contributed by atoms with Gasteiger partial charge in [0.2, 0.25) is 0 Å². The van der Waals surface area contributed by atoms with Crippen molar-refractivity contribution in [3.05, 3.63) is 89.7 Å². The number of carbonyl (C=O) groups is 2. The third kappa shape index (κ3) is 4.79. The summed E-state index contributed by atoms with van der Waals surface area (Å²) in [4.78, 5) is 30.1. The maximum absolute atomic E-state index is 12.5. The maximum atomic E-state index is 12.5. The van der Waals surface area contributed by atoms with Crippen molar-refractivity contribution < 1.29 is 9.59 Å². The molecule has 0 atom stereocenters. The van der Waals surface area contributed by atoms with Gasteiger partial charge in [-0.3, -0.25) is 14.6 Å². The molecule has 3 aromatic rings. The lowest BCUT2D eigenvalue weighted by Gasteiger charge is -2.19. The number of amides is 1. The summed E-state index contributed by atoms with van der Waals surface area (Å²) in [6, 6.07) is 18.7. The van der Waals surface area contributed by atoms with Crippen LogP contribution >= 0.6 is 0 Å². The molecule has 0 aliphatic heterocycles. The zero-order valence-electron chi connectivity index (χ0n) is 15.3.